The summed E-state index contributed by atoms with van der Waals surface area (Å²) in [6.45, 7) is 0. The van der Waals surface area contributed by atoms with Crippen LogP contribution in [0.15, 0.2) is 139 Å². The molecule has 0 atom stereocenters. The van der Waals surface area contributed by atoms with E-state index in [1.165, 1.54) is 40.7 Å². The number of benzene rings is 4. The highest BCUT2D eigenvalue weighted by atomic mass is 32.1. The Bertz CT molecular complexity index is 1970. The predicted octanol–water partition coefficient (Wildman–Crippen LogP) is 11.4. The lowest BCUT2D eigenvalue weighted by Crippen LogP contribution is -2.34. The number of rotatable bonds is 5. The zero-order chi connectivity index (χ0) is 27.2. The van der Waals surface area contributed by atoms with Crippen molar-refractivity contribution in [3.05, 3.63) is 156 Å². The van der Waals surface area contributed by atoms with E-state index in [0.29, 0.717) is 0 Å². The molecule has 4 aromatic carbocycles. The minimum Gasteiger partial charge on any atom is -0.473 e. The highest BCUT2D eigenvalue weighted by Crippen LogP contribution is 2.45. The van der Waals surface area contributed by atoms with Crippen molar-refractivity contribution < 1.29 is 4.74 Å². The van der Waals surface area contributed by atoms with Gasteiger partial charge in [0.15, 0.2) is 5.60 Å². The van der Waals surface area contributed by atoms with Gasteiger partial charge in [0.2, 0.25) is 0 Å². The Morgan fingerprint density at radius 3 is 1.88 bits per heavy atom. The third kappa shape index (κ3) is 4.27. The van der Waals surface area contributed by atoms with Crippen LogP contribution in [0.4, 0.5) is 0 Å². The van der Waals surface area contributed by atoms with E-state index in [9.17, 15) is 0 Å². The molecule has 0 unspecified atom stereocenters. The van der Waals surface area contributed by atoms with E-state index in [1.807, 2.05) is 34.8 Å². The van der Waals surface area contributed by atoms with E-state index in [0.717, 1.165) is 22.4 Å². The topological polar surface area (TPSA) is 9.23 Å². The third-order valence-electron chi connectivity index (χ3n) is 7.69. The molecule has 4 heteroatoms. The molecule has 0 radical (unpaired) electrons. The largest absolute Gasteiger partial charge is 0.473 e. The van der Waals surface area contributed by atoms with Crippen molar-refractivity contribution in [3.63, 3.8) is 0 Å². The van der Waals surface area contributed by atoms with Gasteiger partial charge in [0.25, 0.3) is 0 Å². The summed E-state index contributed by atoms with van der Waals surface area (Å²) in [6.07, 6.45) is 4.45. The van der Waals surface area contributed by atoms with Crippen LogP contribution in [0.2, 0.25) is 0 Å². The molecule has 0 saturated carbocycles. The molecule has 0 aliphatic carbocycles. The van der Waals surface area contributed by atoms with Gasteiger partial charge in [-0.05, 0) is 76.3 Å². The Morgan fingerprint density at radius 1 is 0.537 bits per heavy atom. The lowest BCUT2D eigenvalue weighted by atomic mass is 9.83. The maximum absolute atomic E-state index is 6.91. The summed E-state index contributed by atoms with van der Waals surface area (Å²) in [7, 11) is 0. The summed E-state index contributed by atoms with van der Waals surface area (Å²) in [5.74, 6) is 0.901. The zero-order valence-corrected chi connectivity index (χ0v) is 24.4. The van der Waals surface area contributed by atoms with E-state index >= 15 is 0 Å². The SMILES string of the molecule is C1=CC(c2ccccc2)(c2ccccc2)Oc2ccc3cc(-c4ccc(-c5ccc(-c6cccs6)s5)s4)ccc3c21. The van der Waals surface area contributed by atoms with Crippen LogP contribution in [0.3, 0.4) is 0 Å². The molecule has 0 N–H and O–H groups in total. The first-order valence-electron chi connectivity index (χ1n) is 13.6. The molecule has 196 valence electrons. The molecular weight excluding hydrogens is 557 g/mol. The monoisotopic (exact) mass is 580 g/mol. The molecule has 8 rings (SSSR count). The van der Waals surface area contributed by atoms with Crippen molar-refractivity contribution in [2.24, 2.45) is 0 Å². The van der Waals surface area contributed by atoms with Crippen molar-refractivity contribution in [3.8, 4) is 35.7 Å². The molecule has 1 aliphatic heterocycles. The standard InChI is InChI=1S/C37H24OS3/c1-3-8-27(9-4-1)37(28-10-5-2-6-11-28)22-21-30-29-15-13-26(24-25(29)14-16-31(30)38-37)32-17-18-35(40-32)36-20-19-34(41-36)33-12-7-23-39-33/h1-24H. The van der Waals surface area contributed by atoms with Crippen molar-refractivity contribution in [1.82, 2.24) is 0 Å². The summed E-state index contributed by atoms with van der Waals surface area (Å²) in [6, 6.07) is 45.4. The molecule has 1 nitrogen and oxygen atoms in total. The maximum Gasteiger partial charge on any atom is 0.178 e. The molecule has 0 amide bonds. The van der Waals surface area contributed by atoms with Crippen molar-refractivity contribution >= 4 is 50.9 Å². The third-order valence-corrected chi connectivity index (χ3v) is 11.2. The molecule has 7 aromatic rings. The summed E-state index contributed by atoms with van der Waals surface area (Å²) in [5.41, 5.74) is 3.94. The van der Waals surface area contributed by atoms with Gasteiger partial charge in [-0.2, -0.15) is 0 Å². The van der Waals surface area contributed by atoms with Gasteiger partial charge in [-0.25, -0.2) is 0 Å². The highest BCUT2D eigenvalue weighted by molar-refractivity contribution is 7.27. The fourth-order valence-corrected chi connectivity index (χ4v) is 8.58. The Kier molecular flexibility index (Phi) is 5.99. The number of thiophene rings is 3. The van der Waals surface area contributed by atoms with Crippen LogP contribution in [0, 0.1) is 0 Å². The Labute approximate surface area is 251 Å². The highest BCUT2D eigenvalue weighted by Gasteiger charge is 2.37. The molecule has 0 spiro atoms. The first-order chi connectivity index (χ1) is 20.3. The number of ether oxygens (including phenoxy) is 1. The Hall–Kier alpha value is -4.22. The minimum absolute atomic E-state index is 0.665. The van der Waals surface area contributed by atoms with Crippen LogP contribution in [0.1, 0.15) is 16.7 Å². The molecule has 0 fully saturated rings. The van der Waals surface area contributed by atoms with E-state index in [-0.39, 0.29) is 0 Å². The van der Waals surface area contributed by atoms with E-state index in [4.69, 9.17) is 4.74 Å². The fraction of sp³-hybridized carbons (Fsp3) is 0.0270. The Morgan fingerprint density at radius 2 is 1.20 bits per heavy atom. The molecule has 4 heterocycles. The van der Waals surface area contributed by atoms with E-state index < -0.39 is 5.60 Å². The van der Waals surface area contributed by atoms with Crippen molar-refractivity contribution in [1.29, 1.82) is 0 Å². The summed E-state index contributed by atoms with van der Waals surface area (Å²) >= 11 is 5.52. The quantitative estimate of drug-likeness (QED) is 0.197. The van der Waals surface area contributed by atoms with Crippen LogP contribution in [-0.4, -0.2) is 0 Å². The van der Waals surface area contributed by atoms with Gasteiger partial charge in [0.1, 0.15) is 5.75 Å². The Balaban J connectivity index is 1.14. The minimum atomic E-state index is -0.665. The lowest BCUT2D eigenvalue weighted by molar-refractivity contribution is 0.161. The van der Waals surface area contributed by atoms with Gasteiger partial charge in [0, 0.05) is 41.1 Å². The summed E-state index contributed by atoms with van der Waals surface area (Å²) in [5, 5.41) is 4.56. The molecular formula is C37H24OS3. The average molecular weight is 581 g/mol. The second-order valence-corrected chi connectivity index (χ2v) is 13.2. The van der Waals surface area contributed by atoms with Gasteiger partial charge in [-0.3, -0.25) is 0 Å². The van der Waals surface area contributed by atoms with Gasteiger partial charge >= 0.3 is 0 Å². The van der Waals surface area contributed by atoms with Crippen LogP contribution in [0.5, 0.6) is 5.75 Å². The van der Waals surface area contributed by atoms with Gasteiger partial charge in [0.05, 0.1) is 0 Å². The lowest BCUT2D eigenvalue weighted by Gasteiger charge is -2.36. The van der Waals surface area contributed by atoms with Crippen LogP contribution < -0.4 is 4.74 Å². The first-order valence-corrected chi connectivity index (χ1v) is 16.1. The van der Waals surface area contributed by atoms with Gasteiger partial charge in [-0.15, -0.1) is 34.0 Å². The number of fused-ring (bicyclic) bond motifs is 3. The van der Waals surface area contributed by atoms with Crippen LogP contribution in [-0.2, 0) is 5.60 Å². The molecule has 1 aliphatic rings. The average Bonchev–Trinajstić information content (AvgIpc) is 3.83. The normalized spacial score (nSPS) is 13.7. The van der Waals surface area contributed by atoms with E-state index in [1.54, 1.807) is 11.3 Å². The van der Waals surface area contributed by atoms with Gasteiger partial charge < -0.3 is 4.74 Å². The fourth-order valence-electron chi connectivity index (χ4n) is 5.65. The van der Waals surface area contributed by atoms with Crippen LogP contribution >= 0.6 is 34.0 Å². The van der Waals surface area contributed by atoms with Crippen molar-refractivity contribution in [2.75, 3.05) is 0 Å². The molecule has 0 saturated heterocycles. The number of hydrogen-bond acceptors (Lipinski definition) is 4. The maximum atomic E-state index is 6.91. The molecule has 41 heavy (non-hydrogen) atoms. The van der Waals surface area contributed by atoms with Crippen LogP contribution in [0.25, 0.3) is 46.8 Å². The second kappa shape index (κ2) is 10.0. The summed E-state index contributed by atoms with van der Waals surface area (Å²) < 4.78 is 6.91. The second-order valence-electron chi connectivity index (χ2n) is 10.1. The smallest absolute Gasteiger partial charge is 0.178 e. The van der Waals surface area contributed by atoms with Gasteiger partial charge in [-0.1, -0.05) is 84.9 Å². The predicted molar refractivity (Wildman–Crippen MR) is 177 cm³/mol. The van der Waals surface area contributed by atoms with Crippen molar-refractivity contribution in [2.45, 2.75) is 5.60 Å². The first kappa shape index (κ1) is 24.6. The van der Waals surface area contributed by atoms with E-state index in [2.05, 4.69) is 133 Å². The molecule has 3 aromatic heterocycles. The molecule has 0 bridgehead atoms. The number of hydrogen-bond donors (Lipinski definition) is 0. The summed E-state index contributed by atoms with van der Waals surface area (Å²) in [4.78, 5) is 6.58. The zero-order valence-electron chi connectivity index (χ0n) is 22.0.